The van der Waals surface area contributed by atoms with Crippen molar-refractivity contribution >= 4 is 32.5 Å². The smallest absolute Gasteiger partial charge is 0.207 e. The Morgan fingerprint density at radius 1 is 1.14 bits per heavy atom. The van der Waals surface area contributed by atoms with Gasteiger partial charge in [0, 0.05) is 6.42 Å². The zero-order valence-corrected chi connectivity index (χ0v) is 13.0. The minimum absolute atomic E-state index is 0.126. The van der Waals surface area contributed by atoms with Gasteiger partial charge in [0.2, 0.25) is 5.13 Å². The van der Waals surface area contributed by atoms with E-state index in [2.05, 4.69) is 42.4 Å². The van der Waals surface area contributed by atoms with Gasteiger partial charge in [-0.15, -0.1) is 0 Å². The van der Waals surface area contributed by atoms with Crippen LogP contribution in [0.25, 0.3) is 10.2 Å². The van der Waals surface area contributed by atoms with E-state index in [1.165, 1.54) is 15.8 Å². The Balaban J connectivity index is 1.75. The highest BCUT2D eigenvalue weighted by atomic mass is 32.1. The van der Waals surface area contributed by atoms with Crippen LogP contribution in [0.2, 0.25) is 0 Å². The first kappa shape index (κ1) is 13.3. The minimum atomic E-state index is 0.126. The van der Waals surface area contributed by atoms with Crippen molar-refractivity contribution in [3.8, 4) is 0 Å². The summed E-state index contributed by atoms with van der Waals surface area (Å²) in [5.74, 6) is 0.657. The fourth-order valence-corrected chi connectivity index (χ4v) is 3.68. The lowest BCUT2D eigenvalue weighted by Crippen LogP contribution is -2.18. The molecule has 0 saturated heterocycles. The lowest BCUT2D eigenvalue weighted by molar-refractivity contribution is 0.706. The number of hydrazone groups is 1. The van der Waals surface area contributed by atoms with Gasteiger partial charge in [-0.05, 0) is 24.6 Å². The van der Waals surface area contributed by atoms with E-state index in [-0.39, 0.29) is 6.04 Å². The molecular weight excluding hydrogens is 292 g/mol. The average molecular weight is 308 g/mol. The first-order chi connectivity index (χ1) is 10.7. The Morgan fingerprint density at radius 2 is 1.91 bits per heavy atom. The van der Waals surface area contributed by atoms with Crippen molar-refractivity contribution < 1.29 is 0 Å². The SMILES string of the molecule is Cc1ccc(C2CC(N)=NN2c2nc3ccccc3s2)cc1. The van der Waals surface area contributed by atoms with Crippen LogP contribution in [0.1, 0.15) is 23.6 Å². The molecule has 1 atom stereocenters. The van der Waals surface area contributed by atoms with E-state index in [0.717, 1.165) is 17.1 Å². The van der Waals surface area contributed by atoms with Crippen LogP contribution in [0.15, 0.2) is 53.6 Å². The van der Waals surface area contributed by atoms with Crippen LogP contribution in [-0.4, -0.2) is 10.8 Å². The summed E-state index contributed by atoms with van der Waals surface area (Å²) in [6, 6.07) is 16.8. The molecule has 0 spiro atoms. The van der Waals surface area contributed by atoms with Gasteiger partial charge in [-0.3, -0.25) is 0 Å². The van der Waals surface area contributed by atoms with Crippen molar-refractivity contribution in [2.45, 2.75) is 19.4 Å². The van der Waals surface area contributed by atoms with Gasteiger partial charge in [-0.2, -0.15) is 5.10 Å². The highest BCUT2D eigenvalue weighted by molar-refractivity contribution is 7.22. The van der Waals surface area contributed by atoms with Crippen molar-refractivity contribution in [1.29, 1.82) is 0 Å². The van der Waals surface area contributed by atoms with Gasteiger partial charge in [0.05, 0.1) is 16.3 Å². The summed E-state index contributed by atoms with van der Waals surface area (Å²) >= 11 is 1.65. The van der Waals surface area contributed by atoms with Crippen molar-refractivity contribution in [3.63, 3.8) is 0 Å². The zero-order chi connectivity index (χ0) is 15.1. The summed E-state index contributed by atoms with van der Waals surface area (Å²) in [6.45, 7) is 2.09. The van der Waals surface area contributed by atoms with E-state index < -0.39 is 0 Å². The van der Waals surface area contributed by atoms with Gasteiger partial charge in [-0.25, -0.2) is 9.99 Å². The number of aromatic nitrogens is 1. The summed E-state index contributed by atoms with van der Waals surface area (Å²) < 4.78 is 1.17. The molecule has 0 fully saturated rings. The molecule has 22 heavy (non-hydrogen) atoms. The fourth-order valence-electron chi connectivity index (χ4n) is 2.72. The largest absolute Gasteiger partial charge is 0.386 e. The molecule has 5 heteroatoms. The maximum absolute atomic E-state index is 6.00. The maximum Gasteiger partial charge on any atom is 0.207 e. The van der Waals surface area contributed by atoms with E-state index in [9.17, 15) is 0 Å². The number of amidine groups is 1. The second-order valence-corrected chi connectivity index (χ2v) is 6.54. The highest BCUT2D eigenvalue weighted by Crippen LogP contribution is 2.38. The molecule has 1 unspecified atom stereocenters. The standard InChI is InChI=1S/C17H16N4S/c1-11-6-8-12(9-7-11)14-10-16(18)20-21(14)17-19-13-4-2-3-5-15(13)22-17/h2-9,14H,10H2,1H3,(H2,18,20). The molecule has 0 bridgehead atoms. The molecule has 0 amide bonds. The van der Waals surface area contributed by atoms with E-state index >= 15 is 0 Å². The highest BCUT2D eigenvalue weighted by Gasteiger charge is 2.30. The second kappa shape index (κ2) is 5.10. The van der Waals surface area contributed by atoms with E-state index in [0.29, 0.717) is 5.84 Å². The number of anilines is 1. The summed E-state index contributed by atoms with van der Waals surface area (Å²) in [4.78, 5) is 4.70. The second-order valence-electron chi connectivity index (χ2n) is 5.53. The number of thiazole rings is 1. The number of para-hydroxylation sites is 1. The number of rotatable bonds is 2. The van der Waals surface area contributed by atoms with Crippen molar-refractivity contribution in [2.24, 2.45) is 10.8 Å². The molecule has 1 aromatic heterocycles. The van der Waals surface area contributed by atoms with Crippen molar-refractivity contribution in [3.05, 3.63) is 59.7 Å². The molecule has 110 valence electrons. The minimum Gasteiger partial charge on any atom is -0.386 e. The number of benzene rings is 2. The topological polar surface area (TPSA) is 54.5 Å². The summed E-state index contributed by atoms with van der Waals surface area (Å²) in [7, 11) is 0. The molecule has 1 aliphatic heterocycles. The number of nitrogens with zero attached hydrogens (tertiary/aromatic N) is 3. The fraction of sp³-hybridized carbons (Fsp3) is 0.176. The number of hydrogen-bond acceptors (Lipinski definition) is 5. The summed E-state index contributed by atoms with van der Waals surface area (Å²) in [5.41, 5.74) is 9.47. The third-order valence-corrected chi connectivity index (χ3v) is 4.90. The molecule has 2 N–H and O–H groups in total. The van der Waals surface area contributed by atoms with Crippen LogP contribution in [-0.2, 0) is 0 Å². The predicted molar refractivity (Wildman–Crippen MR) is 92.3 cm³/mol. The number of aryl methyl sites for hydroxylation is 1. The molecular formula is C17H16N4S. The number of fused-ring (bicyclic) bond motifs is 1. The van der Waals surface area contributed by atoms with Crippen LogP contribution in [0.5, 0.6) is 0 Å². The maximum atomic E-state index is 6.00. The normalized spacial score (nSPS) is 18.0. The van der Waals surface area contributed by atoms with Gasteiger partial charge in [-0.1, -0.05) is 53.3 Å². The van der Waals surface area contributed by atoms with Crippen LogP contribution in [0.3, 0.4) is 0 Å². The monoisotopic (exact) mass is 308 g/mol. The van der Waals surface area contributed by atoms with Gasteiger partial charge < -0.3 is 5.73 Å². The quantitative estimate of drug-likeness (QED) is 0.783. The van der Waals surface area contributed by atoms with E-state index in [4.69, 9.17) is 10.7 Å². The molecule has 1 aliphatic rings. The molecule has 3 aromatic rings. The lowest BCUT2D eigenvalue weighted by atomic mass is 10.0. The molecule has 2 aromatic carbocycles. The van der Waals surface area contributed by atoms with E-state index in [1.807, 2.05) is 23.2 Å². The van der Waals surface area contributed by atoms with E-state index in [1.54, 1.807) is 11.3 Å². The Labute approximate surface area is 132 Å². The Kier molecular flexibility index (Phi) is 3.08. The average Bonchev–Trinajstić information content (AvgIpc) is 3.11. The Morgan fingerprint density at radius 3 is 2.68 bits per heavy atom. The lowest BCUT2D eigenvalue weighted by Gasteiger charge is -2.21. The van der Waals surface area contributed by atoms with Gasteiger partial charge in [0.15, 0.2) is 0 Å². The van der Waals surface area contributed by atoms with Crippen LogP contribution in [0, 0.1) is 6.92 Å². The number of nitrogens with two attached hydrogens (primary N) is 1. The van der Waals surface area contributed by atoms with Crippen molar-refractivity contribution in [2.75, 3.05) is 5.01 Å². The van der Waals surface area contributed by atoms with Crippen LogP contribution in [0.4, 0.5) is 5.13 Å². The first-order valence-electron chi connectivity index (χ1n) is 7.25. The summed E-state index contributed by atoms with van der Waals surface area (Å²) in [5, 5.41) is 7.37. The third-order valence-electron chi connectivity index (χ3n) is 3.87. The first-order valence-corrected chi connectivity index (χ1v) is 8.07. The molecule has 2 heterocycles. The molecule has 0 saturated carbocycles. The van der Waals surface area contributed by atoms with Crippen LogP contribution >= 0.6 is 11.3 Å². The Bertz CT molecular complexity index is 817. The molecule has 4 nitrogen and oxygen atoms in total. The molecule has 0 radical (unpaired) electrons. The van der Waals surface area contributed by atoms with Gasteiger partial charge in [0.1, 0.15) is 5.84 Å². The van der Waals surface area contributed by atoms with Crippen LogP contribution < -0.4 is 10.7 Å². The Hall–Kier alpha value is -2.40. The third kappa shape index (κ3) is 2.23. The molecule has 4 rings (SSSR count). The zero-order valence-electron chi connectivity index (χ0n) is 12.2. The predicted octanol–water partition coefficient (Wildman–Crippen LogP) is 3.83. The number of hydrogen-bond donors (Lipinski definition) is 1. The summed E-state index contributed by atoms with van der Waals surface area (Å²) in [6.07, 6.45) is 0.735. The molecule has 0 aliphatic carbocycles. The van der Waals surface area contributed by atoms with Crippen molar-refractivity contribution in [1.82, 2.24) is 4.98 Å². The van der Waals surface area contributed by atoms with Gasteiger partial charge in [0.25, 0.3) is 0 Å². The van der Waals surface area contributed by atoms with Gasteiger partial charge >= 0.3 is 0 Å².